The zero-order chi connectivity index (χ0) is 19.8. The smallest absolute Gasteiger partial charge is 0.325 e. The molecule has 0 aliphatic carbocycles. The number of anilines is 1. The van der Waals surface area contributed by atoms with Gasteiger partial charge in [0.1, 0.15) is 6.54 Å². The summed E-state index contributed by atoms with van der Waals surface area (Å²) in [6, 6.07) is 7.42. The minimum Gasteiger partial charge on any atom is -0.325 e. The van der Waals surface area contributed by atoms with Gasteiger partial charge in [0.05, 0.1) is 16.7 Å². The summed E-state index contributed by atoms with van der Waals surface area (Å²) in [6.07, 6.45) is 3.17. The summed E-state index contributed by atoms with van der Waals surface area (Å²) in [5.74, 6) is -0.305. The first-order chi connectivity index (χ1) is 13.5. The number of benzene rings is 1. The fourth-order valence-electron chi connectivity index (χ4n) is 2.95. The lowest BCUT2D eigenvalue weighted by Gasteiger charge is -2.08. The van der Waals surface area contributed by atoms with Crippen LogP contribution in [0.3, 0.4) is 0 Å². The Bertz CT molecular complexity index is 1280. The molecule has 4 rings (SSSR count). The molecule has 0 spiro atoms. The second-order valence-corrected chi connectivity index (χ2v) is 7.13. The van der Waals surface area contributed by atoms with Gasteiger partial charge in [-0.05, 0) is 17.7 Å². The molecule has 0 atom stereocenters. The van der Waals surface area contributed by atoms with E-state index in [1.165, 1.54) is 40.9 Å². The third-order valence-electron chi connectivity index (χ3n) is 4.42. The lowest BCUT2D eigenvalue weighted by Crippen LogP contribution is -2.37. The monoisotopic (exact) mass is 396 g/mol. The Hall–Kier alpha value is -3.53. The number of nitrogens with zero attached hydrogens (tertiary/aromatic N) is 5. The fourth-order valence-corrected chi connectivity index (χ4v) is 3.58. The van der Waals surface area contributed by atoms with E-state index in [0.29, 0.717) is 5.69 Å². The predicted molar refractivity (Wildman–Crippen MR) is 106 cm³/mol. The maximum absolute atomic E-state index is 12.4. The van der Waals surface area contributed by atoms with Gasteiger partial charge in [0.2, 0.25) is 5.91 Å². The Labute approximate surface area is 162 Å². The van der Waals surface area contributed by atoms with E-state index in [1.807, 2.05) is 24.3 Å². The molecule has 1 amide bonds. The number of aromatic nitrogens is 5. The van der Waals surface area contributed by atoms with Crippen LogP contribution in [0.5, 0.6) is 0 Å². The molecule has 0 saturated heterocycles. The van der Waals surface area contributed by atoms with E-state index in [4.69, 9.17) is 0 Å². The van der Waals surface area contributed by atoms with E-state index in [9.17, 15) is 14.4 Å². The van der Waals surface area contributed by atoms with Gasteiger partial charge in [0, 0.05) is 26.0 Å². The quantitative estimate of drug-likeness (QED) is 0.558. The van der Waals surface area contributed by atoms with Crippen molar-refractivity contribution in [2.24, 2.45) is 14.1 Å². The van der Waals surface area contributed by atoms with E-state index in [-0.39, 0.29) is 23.6 Å². The van der Waals surface area contributed by atoms with Gasteiger partial charge >= 0.3 is 5.69 Å². The molecule has 3 heterocycles. The first-order valence-electron chi connectivity index (χ1n) is 8.35. The largest absolute Gasteiger partial charge is 0.332 e. The minimum absolute atomic E-state index is 0.0967. The molecular weight excluding hydrogens is 380 g/mol. The number of thiazole rings is 1. The number of hydrogen-bond acceptors (Lipinski definition) is 6. The summed E-state index contributed by atoms with van der Waals surface area (Å²) >= 11 is 1.54. The predicted octanol–water partition coefficient (Wildman–Crippen LogP) is 1.20. The number of carbonyl (C=O) groups is 1. The molecular formula is C18H16N6O3S. The molecule has 0 bridgehead atoms. The maximum Gasteiger partial charge on any atom is 0.332 e. The number of hydrogen-bond donors (Lipinski definition) is 1. The number of nitrogens with one attached hydrogen (secondary N) is 1. The standard InChI is InChI=1S/C18H16N6O3S/c1-22-16-15(17(26)23(2)18(22)27)24(9-20-16)8-14(25)21-12-5-3-11(4-6-12)13-7-19-10-28-13/h3-7,9-10H,8H2,1-2H3,(H,21,25). The van der Waals surface area contributed by atoms with Crippen LogP contribution in [-0.4, -0.2) is 29.6 Å². The van der Waals surface area contributed by atoms with Crippen LogP contribution in [0.4, 0.5) is 5.69 Å². The van der Waals surface area contributed by atoms with Crippen LogP contribution in [0.15, 0.2) is 51.9 Å². The van der Waals surface area contributed by atoms with Gasteiger partial charge < -0.3 is 9.88 Å². The molecule has 1 aromatic carbocycles. The van der Waals surface area contributed by atoms with E-state index in [2.05, 4.69) is 15.3 Å². The van der Waals surface area contributed by atoms with Crippen LogP contribution < -0.4 is 16.6 Å². The number of carbonyl (C=O) groups excluding carboxylic acids is 1. The topological polar surface area (TPSA) is 104 Å². The normalized spacial score (nSPS) is 11.1. The zero-order valence-electron chi connectivity index (χ0n) is 15.1. The van der Waals surface area contributed by atoms with Crippen molar-refractivity contribution >= 4 is 34.1 Å². The van der Waals surface area contributed by atoms with Crippen molar-refractivity contribution in [3.63, 3.8) is 0 Å². The number of rotatable bonds is 4. The average molecular weight is 396 g/mol. The van der Waals surface area contributed by atoms with Gasteiger partial charge in [-0.1, -0.05) is 12.1 Å². The van der Waals surface area contributed by atoms with E-state index in [1.54, 1.807) is 11.7 Å². The van der Waals surface area contributed by atoms with Gasteiger partial charge in [0.15, 0.2) is 11.2 Å². The zero-order valence-corrected chi connectivity index (χ0v) is 15.9. The Morgan fingerprint density at radius 1 is 1.14 bits per heavy atom. The van der Waals surface area contributed by atoms with Crippen molar-refractivity contribution in [3.8, 4) is 10.4 Å². The highest BCUT2D eigenvalue weighted by Gasteiger charge is 2.16. The van der Waals surface area contributed by atoms with Gasteiger partial charge in [0.25, 0.3) is 5.56 Å². The van der Waals surface area contributed by atoms with Gasteiger partial charge in [-0.25, -0.2) is 9.78 Å². The summed E-state index contributed by atoms with van der Waals surface area (Å²) in [4.78, 5) is 46.1. The van der Waals surface area contributed by atoms with E-state index < -0.39 is 11.2 Å². The van der Waals surface area contributed by atoms with Crippen LogP contribution in [0.1, 0.15) is 0 Å². The van der Waals surface area contributed by atoms with Gasteiger partial charge in [-0.15, -0.1) is 11.3 Å². The molecule has 0 aliphatic rings. The molecule has 9 nitrogen and oxygen atoms in total. The number of fused-ring (bicyclic) bond motifs is 1. The maximum atomic E-state index is 12.4. The number of amides is 1. The van der Waals surface area contributed by atoms with Gasteiger partial charge in [-0.3, -0.25) is 23.7 Å². The SMILES string of the molecule is Cn1c(=O)c2c(ncn2CC(=O)Nc2ccc(-c3cncs3)cc2)n(C)c1=O. The molecule has 3 aromatic heterocycles. The van der Waals surface area contributed by atoms with Crippen molar-refractivity contribution in [1.82, 2.24) is 23.7 Å². The highest BCUT2D eigenvalue weighted by Crippen LogP contribution is 2.24. The molecule has 1 N–H and O–H groups in total. The Kier molecular flexibility index (Phi) is 4.40. The van der Waals surface area contributed by atoms with E-state index in [0.717, 1.165) is 15.0 Å². The molecule has 0 radical (unpaired) electrons. The van der Waals surface area contributed by atoms with Crippen LogP contribution in [-0.2, 0) is 25.4 Å². The highest BCUT2D eigenvalue weighted by atomic mass is 32.1. The fraction of sp³-hybridized carbons (Fsp3) is 0.167. The van der Waals surface area contributed by atoms with Crippen molar-refractivity contribution in [3.05, 3.63) is 63.1 Å². The minimum atomic E-state index is -0.489. The summed E-state index contributed by atoms with van der Waals surface area (Å²) in [5.41, 5.74) is 2.93. The lowest BCUT2D eigenvalue weighted by molar-refractivity contribution is -0.116. The highest BCUT2D eigenvalue weighted by molar-refractivity contribution is 7.13. The molecule has 0 saturated carbocycles. The number of aryl methyl sites for hydroxylation is 1. The lowest BCUT2D eigenvalue weighted by atomic mass is 10.2. The molecule has 0 fully saturated rings. The van der Waals surface area contributed by atoms with E-state index >= 15 is 0 Å². The molecule has 10 heteroatoms. The summed E-state index contributed by atoms with van der Waals surface area (Å²) in [5, 5.41) is 2.80. The van der Waals surface area contributed by atoms with Crippen molar-refractivity contribution < 1.29 is 4.79 Å². The van der Waals surface area contributed by atoms with Crippen molar-refractivity contribution in [1.29, 1.82) is 0 Å². The van der Waals surface area contributed by atoms with Crippen LogP contribution in [0.2, 0.25) is 0 Å². The molecule has 0 aliphatic heterocycles. The second-order valence-electron chi connectivity index (χ2n) is 6.24. The first kappa shape index (κ1) is 17.9. The van der Waals surface area contributed by atoms with Crippen molar-refractivity contribution in [2.75, 3.05) is 5.32 Å². The Morgan fingerprint density at radius 2 is 1.89 bits per heavy atom. The summed E-state index contributed by atoms with van der Waals surface area (Å²) in [7, 11) is 2.93. The number of imidazole rings is 1. The first-order valence-corrected chi connectivity index (χ1v) is 9.23. The summed E-state index contributed by atoms with van der Waals surface area (Å²) in [6.45, 7) is -0.0967. The summed E-state index contributed by atoms with van der Waals surface area (Å²) < 4.78 is 3.72. The second kappa shape index (κ2) is 6.89. The third-order valence-corrected chi connectivity index (χ3v) is 5.24. The van der Waals surface area contributed by atoms with Gasteiger partial charge in [-0.2, -0.15) is 0 Å². The Morgan fingerprint density at radius 3 is 2.57 bits per heavy atom. The molecule has 0 unspecified atom stereocenters. The molecule has 4 aromatic rings. The molecule has 28 heavy (non-hydrogen) atoms. The average Bonchev–Trinajstić information content (AvgIpc) is 3.35. The van der Waals surface area contributed by atoms with Crippen LogP contribution in [0.25, 0.3) is 21.6 Å². The van der Waals surface area contributed by atoms with Crippen LogP contribution in [0, 0.1) is 0 Å². The Balaban J connectivity index is 1.56. The van der Waals surface area contributed by atoms with Crippen molar-refractivity contribution in [2.45, 2.75) is 6.54 Å². The third kappa shape index (κ3) is 3.03. The molecule has 142 valence electrons. The van der Waals surface area contributed by atoms with Crippen LogP contribution >= 0.6 is 11.3 Å².